The second-order valence-corrected chi connectivity index (χ2v) is 6.82. The fraction of sp³-hybridized carbons (Fsp3) is 0.938. The average Bonchev–Trinajstić information content (AvgIpc) is 3.05. The van der Waals surface area contributed by atoms with Gasteiger partial charge in [-0.25, -0.2) is 4.79 Å². The molecule has 0 aromatic rings. The van der Waals surface area contributed by atoms with Gasteiger partial charge in [-0.15, -0.1) is 0 Å². The molecule has 0 radical (unpaired) electrons. The molecule has 0 heterocycles. The molecule has 0 bridgehead atoms. The van der Waals surface area contributed by atoms with Crippen LogP contribution < -0.4 is 10.6 Å². The van der Waals surface area contributed by atoms with Crippen LogP contribution in [0.1, 0.15) is 64.7 Å². The van der Waals surface area contributed by atoms with Crippen LogP contribution >= 0.6 is 0 Å². The molecule has 0 saturated heterocycles. The lowest BCUT2D eigenvalue weighted by molar-refractivity contribution is 0.177. The number of hydrogen-bond donors (Lipinski definition) is 3. The molecule has 2 amide bonds. The third-order valence-electron chi connectivity index (χ3n) is 4.93. The van der Waals surface area contributed by atoms with Crippen molar-refractivity contribution in [2.24, 2.45) is 11.8 Å². The van der Waals surface area contributed by atoms with Crippen LogP contribution in [-0.4, -0.2) is 29.8 Å². The Bertz CT molecular complexity index is 303. The maximum absolute atomic E-state index is 11.8. The van der Waals surface area contributed by atoms with Gasteiger partial charge in [0.15, 0.2) is 0 Å². The predicted octanol–water partition coefficient (Wildman–Crippen LogP) is 2.81. The molecule has 0 aliphatic heterocycles. The summed E-state index contributed by atoms with van der Waals surface area (Å²) >= 11 is 0. The molecular weight excluding hydrogens is 252 g/mol. The molecule has 0 aromatic heterocycles. The summed E-state index contributed by atoms with van der Waals surface area (Å²) in [5.41, 5.74) is 0. The van der Waals surface area contributed by atoms with E-state index in [2.05, 4.69) is 17.6 Å². The fourth-order valence-electron chi connectivity index (χ4n) is 3.60. The number of carbonyl (C=O) groups is 1. The lowest BCUT2D eigenvalue weighted by Gasteiger charge is -2.18. The molecule has 3 atom stereocenters. The predicted molar refractivity (Wildman–Crippen MR) is 80.5 cm³/mol. The zero-order chi connectivity index (χ0) is 14.4. The summed E-state index contributed by atoms with van der Waals surface area (Å²) in [6.45, 7) is 2.78. The van der Waals surface area contributed by atoms with Gasteiger partial charge in [-0.2, -0.15) is 0 Å². The Kier molecular flexibility index (Phi) is 6.14. The van der Waals surface area contributed by atoms with E-state index in [1.165, 1.54) is 32.1 Å². The van der Waals surface area contributed by atoms with Gasteiger partial charge >= 0.3 is 6.03 Å². The van der Waals surface area contributed by atoms with Crippen molar-refractivity contribution in [1.29, 1.82) is 0 Å². The minimum Gasteiger partial charge on any atom is -0.393 e. The number of aliphatic hydroxyl groups excluding tert-OH is 1. The summed E-state index contributed by atoms with van der Waals surface area (Å²) in [4.78, 5) is 11.8. The average molecular weight is 282 g/mol. The molecule has 0 spiro atoms. The summed E-state index contributed by atoms with van der Waals surface area (Å²) in [7, 11) is 0. The van der Waals surface area contributed by atoms with Gasteiger partial charge in [-0.3, -0.25) is 0 Å². The van der Waals surface area contributed by atoms with Gasteiger partial charge in [0.05, 0.1) is 6.10 Å². The van der Waals surface area contributed by atoms with Gasteiger partial charge in [-0.05, 0) is 50.9 Å². The normalized spacial score (nSPS) is 28.5. The minimum atomic E-state index is -0.157. The van der Waals surface area contributed by atoms with E-state index in [-0.39, 0.29) is 18.2 Å². The highest BCUT2D eigenvalue weighted by atomic mass is 16.3. The van der Waals surface area contributed by atoms with Gasteiger partial charge in [0.25, 0.3) is 0 Å². The van der Waals surface area contributed by atoms with Crippen molar-refractivity contribution in [3.05, 3.63) is 0 Å². The molecule has 2 rings (SSSR count). The molecule has 4 nitrogen and oxygen atoms in total. The van der Waals surface area contributed by atoms with Crippen molar-refractivity contribution in [3.63, 3.8) is 0 Å². The molecule has 116 valence electrons. The number of rotatable bonds is 6. The SMILES string of the molecule is C[C@H](CCC1CCCC1)NC(=O)NC[C@@H]1CC[C@H](O)C1. The highest BCUT2D eigenvalue weighted by Crippen LogP contribution is 2.28. The Labute approximate surface area is 122 Å². The quantitative estimate of drug-likeness (QED) is 0.701. The van der Waals surface area contributed by atoms with E-state index in [1.54, 1.807) is 0 Å². The topological polar surface area (TPSA) is 61.4 Å². The van der Waals surface area contributed by atoms with Crippen molar-refractivity contribution in [3.8, 4) is 0 Å². The van der Waals surface area contributed by atoms with Gasteiger partial charge < -0.3 is 15.7 Å². The highest BCUT2D eigenvalue weighted by Gasteiger charge is 2.23. The molecule has 2 saturated carbocycles. The van der Waals surface area contributed by atoms with Crippen molar-refractivity contribution >= 4 is 6.03 Å². The third kappa shape index (κ3) is 5.31. The lowest BCUT2D eigenvalue weighted by atomic mass is 9.99. The monoisotopic (exact) mass is 282 g/mol. The first-order valence-electron chi connectivity index (χ1n) is 8.36. The molecule has 2 aliphatic rings. The van der Waals surface area contributed by atoms with Gasteiger partial charge in [0.1, 0.15) is 0 Å². The summed E-state index contributed by atoms with van der Waals surface area (Å²) in [5.74, 6) is 1.34. The van der Waals surface area contributed by atoms with Crippen molar-refractivity contribution < 1.29 is 9.90 Å². The first-order chi connectivity index (χ1) is 9.63. The minimum absolute atomic E-state index is 0.0506. The van der Waals surface area contributed by atoms with E-state index in [4.69, 9.17) is 0 Å². The number of aliphatic hydroxyl groups is 1. The number of amides is 2. The molecule has 0 aromatic carbocycles. The van der Waals surface area contributed by atoms with Crippen LogP contribution in [0.4, 0.5) is 4.79 Å². The Morgan fingerprint density at radius 3 is 2.60 bits per heavy atom. The molecule has 3 N–H and O–H groups in total. The van der Waals surface area contributed by atoms with E-state index in [0.29, 0.717) is 12.5 Å². The Balaban J connectivity index is 1.53. The zero-order valence-electron chi connectivity index (χ0n) is 12.7. The summed E-state index contributed by atoms with van der Waals surface area (Å²) in [6.07, 6.45) is 10.4. The van der Waals surface area contributed by atoms with E-state index in [0.717, 1.165) is 31.6 Å². The van der Waals surface area contributed by atoms with Gasteiger partial charge in [-0.1, -0.05) is 25.7 Å². The first-order valence-corrected chi connectivity index (χ1v) is 8.36. The third-order valence-corrected chi connectivity index (χ3v) is 4.93. The number of hydrogen-bond acceptors (Lipinski definition) is 2. The van der Waals surface area contributed by atoms with Crippen LogP contribution in [-0.2, 0) is 0 Å². The number of carbonyl (C=O) groups excluding carboxylic acids is 1. The first kappa shape index (κ1) is 15.6. The Morgan fingerprint density at radius 2 is 1.95 bits per heavy atom. The standard InChI is InChI=1S/C16H30N2O2/c1-12(6-7-13-4-2-3-5-13)18-16(20)17-11-14-8-9-15(19)10-14/h12-15,19H,2-11H2,1H3,(H2,17,18,20)/t12-,14-,15+/m1/s1. The molecule has 2 aliphatic carbocycles. The van der Waals surface area contributed by atoms with Gasteiger partial charge in [0.2, 0.25) is 0 Å². The van der Waals surface area contributed by atoms with Gasteiger partial charge in [0, 0.05) is 12.6 Å². The second kappa shape index (κ2) is 7.87. The van der Waals surface area contributed by atoms with E-state index < -0.39 is 0 Å². The fourth-order valence-corrected chi connectivity index (χ4v) is 3.60. The molecular formula is C16H30N2O2. The number of nitrogens with one attached hydrogen (secondary N) is 2. The zero-order valence-corrected chi connectivity index (χ0v) is 12.7. The maximum Gasteiger partial charge on any atom is 0.315 e. The smallest absolute Gasteiger partial charge is 0.315 e. The number of urea groups is 1. The molecule has 2 fully saturated rings. The Morgan fingerprint density at radius 1 is 1.20 bits per heavy atom. The van der Waals surface area contributed by atoms with Crippen LogP contribution in [0, 0.1) is 11.8 Å². The summed E-state index contributed by atoms with van der Waals surface area (Å²) in [5, 5.41) is 15.4. The Hall–Kier alpha value is -0.770. The molecule has 4 heteroatoms. The molecule has 20 heavy (non-hydrogen) atoms. The maximum atomic E-state index is 11.8. The van der Waals surface area contributed by atoms with Crippen LogP contribution in [0.2, 0.25) is 0 Å². The van der Waals surface area contributed by atoms with E-state index >= 15 is 0 Å². The molecule has 0 unspecified atom stereocenters. The summed E-state index contributed by atoms with van der Waals surface area (Å²) in [6, 6.07) is 0.204. The lowest BCUT2D eigenvalue weighted by Crippen LogP contribution is -2.42. The second-order valence-electron chi connectivity index (χ2n) is 6.82. The van der Waals surface area contributed by atoms with Crippen LogP contribution in [0.25, 0.3) is 0 Å². The highest BCUT2D eigenvalue weighted by molar-refractivity contribution is 5.74. The van der Waals surface area contributed by atoms with Crippen molar-refractivity contribution in [1.82, 2.24) is 10.6 Å². The summed E-state index contributed by atoms with van der Waals surface area (Å²) < 4.78 is 0. The van der Waals surface area contributed by atoms with Crippen LogP contribution in [0.3, 0.4) is 0 Å². The van der Waals surface area contributed by atoms with Crippen LogP contribution in [0.5, 0.6) is 0 Å². The van der Waals surface area contributed by atoms with Crippen molar-refractivity contribution in [2.45, 2.75) is 76.9 Å². The van der Waals surface area contributed by atoms with Crippen LogP contribution in [0.15, 0.2) is 0 Å². The van der Waals surface area contributed by atoms with Crippen molar-refractivity contribution in [2.75, 3.05) is 6.54 Å². The van der Waals surface area contributed by atoms with E-state index in [9.17, 15) is 9.90 Å². The largest absolute Gasteiger partial charge is 0.393 e. The van der Waals surface area contributed by atoms with E-state index in [1.807, 2.05) is 0 Å².